The first-order valence-corrected chi connectivity index (χ1v) is 11.8. The van der Waals surface area contributed by atoms with Gasteiger partial charge in [0, 0.05) is 30.4 Å². The van der Waals surface area contributed by atoms with Crippen molar-refractivity contribution in [3.8, 4) is 11.5 Å². The number of para-hydroxylation sites is 1. The van der Waals surface area contributed by atoms with E-state index in [-0.39, 0.29) is 11.4 Å². The van der Waals surface area contributed by atoms with Crippen molar-refractivity contribution in [2.24, 2.45) is 0 Å². The van der Waals surface area contributed by atoms with E-state index in [0.717, 1.165) is 53.8 Å². The van der Waals surface area contributed by atoms with Gasteiger partial charge in [-0.05, 0) is 55.3 Å². The maximum atomic E-state index is 13.0. The van der Waals surface area contributed by atoms with Crippen LogP contribution < -0.4 is 19.7 Å². The summed E-state index contributed by atoms with van der Waals surface area (Å²) in [4.78, 5) is 41.4. The molecule has 0 aromatic heterocycles. The van der Waals surface area contributed by atoms with Crippen LogP contribution in [0.2, 0.25) is 0 Å². The van der Waals surface area contributed by atoms with Crippen LogP contribution in [0.25, 0.3) is 6.08 Å². The summed E-state index contributed by atoms with van der Waals surface area (Å²) >= 11 is 0.802. The summed E-state index contributed by atoms with van der Waals surface area (Å²) in [6.45, 7) is 3.41. The van der Waals surface area contributed by atoms with Gasteiger partial charge in [-0.3, -0.25) is 19.3 Å². The molecule has 0 unspecified atom stereocenters. The number of methoxy groups -OCH3 is 2. The van der Waals surface area contributed by atoms with Crippen LogP contribution in [0.5, 0.6) is 11.5 Å². The minimum atomic E-state index is -0.514. The first-order valence-electron chi connectivity index (χ1n) is 11.0. The molecule has 9 heteroatoms. The second-order valence-electron chi connectivity index (χ2n) is 8.09. The Morgan fingerprint density at radius 1 is 1.09 bits per heavy atom. The number of imide groups is 1. The molecule has 0 aliphatic carbocycles. The standard InChI is InChI=1S/C25H27N3O5S/c1-16-8-4-5-9-18(16)26-23(29)15-28-24(30)22(34-25(28)31)13-17-12-21(33-3)19(14-20(17)32-2)27-10-6-7-11-27/h4-5,8-9,12-14H,6-7,10-11,15H2,1-3H3,(H,26,29)/b22-13-. The second-order valence-corrected chi connectivity index (χ2v) is 9.08. The van der Waals surface area contributed by atoms with Gasteiger partial charge in [-0.1, -0.05) is 18.2 Å². The van der Waals surface area contributed by atoms with Gasteiger partial charge in [0.25, 0.3) is 11.1 Å². The van der Waals surface area contributed by atoms with Crippen LogP contribution in [0.15, 0.2) is 41.3 Å². The minimum Gasteiger partial charge on any atom is -0.496 e. The van der Waals surface area contributed by atoms with Gasteiger partial charge < -0.3 is 19.7 Å². The van der Waals surface area contributed by atoms with E-state index in [9.17, 15) is 14.4 Å². The molecule has 0 radical (unpaired) electrons. The third-order valence-corrected chi connectivity index (χ3v) is 6.77. The number of nitrogens with zero attached hydrogens (tertiary/aromatic N) is 2. The fourth-order valence-corrected chi connectivity index (χ4v) is 4.88. The fraction of sp³-hybridized carbons (Fsp3) is 0.320. The van der Waals surface area contributed by atoms with E-state index in [0.29, 0.717) is 22.7 Å². The van der Waals surface area contributed by atoms with E-state index in [1.54, 1.807) is 26.4 Å². The van der Waals surface area contributed by atoms with Gasteiger partial charge in [-0.25, -0.2) is 0 Å². The number of carbonyl (C=O) groups excluding carboxylic acids is 3. The van der Waals surface area contributed by atoms with Gasteiger partial charge >= 0.3 is 0 Å². The van der Waals surface area contributed by atoms with E-state index in [1.165, 1.54) is 0 Å². The molecule has 2 aliphatic heterocycles. The highest BCUT2D eigenvalue weighted by Gasteiger charge is 2.36. The Kier molecular flexibility index (Phi) is 7.12. The zero-order chi connectivity index (χ0) is 24.2. The van der Waals surface area contributed by atoms with Crippen LogP contribution in [0, 0.1) is 6.92 Å². The van der Waals surface area contributed by atoms with Crippen molar-refractivity contribution in [3.63, 3.8) is 0 Å². The number of ether oxygens (including phenoxy) is 2. The summed E-state index contributed by atoms with van der Waals surface area (Å²) < 4.78 is 11.2. The highest BCUT2D eigenvalue weighted by molar-refractivity contribution is 8.18. The van der Waals surface area contributed by atoms with E-state index in [2.05, 4.69) is 10.2 Å². The highest BCUT2D eigenvalue weighted by Crippen LogP contribution is 2.40. The second kappa shape index (κ2) is 10.2. The molecule has 0 spiro atoms. The van der Waals surface area contributed by atoms with Gasteiger partial charge in [0.1, 0.15) is 18.0 Å². The average molecular weight is 482 g/mol. The Morgan fingerprint density at radius 3 is 2.47 bits per heavy atom. The normalized spacial score (nSPS) is 17.0. The third-order valence-electron chi connectivity index (χ3n) is 5.86. The summed E-state index contributed by atoms with van der Waals surface area (Å²) in [7, 11) is 3.17. The lowest BCUT2D eigenvalue weighted by Crippen LogP contribution is -2.36. The number of anilines is 2. The van der Waals surface area contributed by atoms with E-state index in [1.807, 2.05) is 37.3 Å². The molecule has 2 aromatic rings. The fourth-order valence-electron chi connectivity index (χ4n) is 4.05. The average Bonchev–Trinajstić information content (AvgIpc) is 3.45. The van der Waals surface area contributed by atoms with Crippen molar-refractivity contribution in [2.45, 2.75) is 19.8 Å². The van der Waals surface area contributed by atoms with Crippen molar-refractivity contribution in [1.29, 1.82) is 0 Å². The number of benzene rings is 2. The molecular formula is C25H27N3O5S. The quantitative estimate of drug-likeness (QED) is 0.590. The van der Waals surface area contributed by atoms with Gasteiger partial charge in [-0.2, -0.15) is 0 Å². The van der Waals surface area contributed by atoms with Gasteiger partial charge in [-0.15, -0.1) is 0 Å². The summed E-state index contributed by atoms with van der Waals surface area (Å²) in [5, 5.41) is 2.26. The predicted molar refractivity (Wildman–Crippen MR) is 133 cm³/mol. The Bertz CT molecular complexity index is 1160. The first kappa shape index (κ1) is 23.7. The number of rotatable bonds is 7. The highest BCUT2D eigenvalue weighted by atomic mass is 32.2. The number of aryl methyl sites for hydroxylation is 1. The van der Waals surface area contributed by atoms with Crippen molar-refractivity contribution >= 4 is 46.3 Å². The number of carbonyl (C=O) groups is 3. The summed E-state index contributed by atoms with van der Waals surface area (Å²) in [6, 6.07) is 11.0. The topological polar surface area (TPSA) is 88.2 Å². The van der Waals surface area contributed by atoms with Crippen LogP contribution in [0.3, 0.4) is 0 Å². The van der Waals surface area contributed by atoms with Crippen LogP contribution in [-0.4, -0.2) is 55.8 Å². The summed E-state index contributed by atoms with van der Waals surface area (Å²) in [6.07, 6.45) is 3.86. The van der Waals surface area contributed by atoms with Crippen LogP contribution in [-0.2, 0) is 9.59 Å². The minimum absolute atomic E-state index is 0.225. The molecule has 34 heavy (non-hydrogen) atoms. The van der Waals surface area contributed by atoms with Crippen LogP contribution in [0.4, 0.5) is 16.2 Å². The number of hydrogen-bond donors (Lipinski definition) is 1. The smallest absolute Gasteiger partial charge is 0.294 e. The van der Waals surface area contributed by atoms with Crippen molar-refractivity contribution < 1.29 is 23.9 Å². The van der Waals surface area contributed by atoms with Crippen LogP contribution >= 0.6 is 11.8 Å². The maximum absolute atomic E-state index is 13.0. The molecule has 178 valence electrons. The molecule has 2 heterocycles. The molecule has 0 atom stereocenters. The zero-order valence-electron chi connectivity index (χ0n) is 19.4. The van der Waals surface area contributed by atoms with Crippen molar-refractivity contribution in [2.75, 3.05) is 44.1 Å². The number of amides is 3. The maximum Gasteiger partial charge on any atom is 0.294 e. The summed E-state index contributed by atoms with van der Waals surface area (Å²) in [5.74, 6) is 0.296. The van der Waals surface area contributed by atoms with E-state index in [4.69, 9.17) is 9.47 Å². The van der Waals surface area contributed by atoms with Gasteiger partial charge in [0.15, 0.2) is 0 Å². The lowest BCUT2D eigenvalue weighted by molar-refractivity contribution is -0.127. The Labute approximate surface area is 202 Å². The molecule has 2 aliphatic rings. The molecule has 2 fully saturated rings. The molecule has 8 nitrogen and oxygen atoms in total. The number of nitrogens with one attached hydrogen (secondary N) is 1. The monoisotopic (exact) mass is 481 g/mol. The predicted octanol–water partition coefficient (Wildman–Crippen LogP) is 4.29. The molecule has 0 saturated carbocycles. The summed E-state index contributed by atoms with van der Waals surface area (Å²) in [5.41, 5.74) is 3.10. The molecule has 0 bridgehead atoms. The van der Waals surface area contributed by atoms with E-state index >= 15 is 0 Å². The Hall–Kier alpha value is -3.46. The largest absolute Gasteiger partial charge is 0.496 e. The van der Waals surface area contributed by atoms with Gasteiger partial charge in [0.05, 0.1) is 24.8 Å². The van der Waals surface area contributed by atoms with E-state index < -0.39 is 17.1 Å². The van der Waals surface area contributed by atoms with Crippen LogP contribution in [0.1, 0.15) is 24.0 Å². The Morgan fingerprint density at radius 2 is 1.79 bits per heavy atom. The third kappa shape index (κ3) is 4.89. The molecular weight excluding hydrogens is 454 g/mol. The SMILES string of the molecule is COc1cc(N2CCCC2)c(OC)cc1/C=C1\SC(=O)N(CC(=O)Nc2ccccc2C)C1=O. The number of thioether (sulfide) groups is 1. The molecule has 4 rings (SSSR count). The zero-order valence-corrected chi connectivity index (χ0v) is 20.2. The molecule has 3 amide bonds. The lowest BCUT2D eigenvalue weighted by atomic mass is 10.1. The Balaban J connectivity index is 1.54. The molecule has 2 aromatic carbocycles. The van der Waals surface area contributed by atoms with Crippen molar-refractivity contribution in [3.05, 3.63) is 52.4 Å². The van der Waals surface area contributed by atoms with Crippen molar-refractivity contribution in [1.82, 2.24) is 4.90 Å². The molecule has 2 saturated heterocycles. The molecule has 1 N–H and O–H groups in total. The van der Waals surface area contributed by atoms with Gasteiger partial charge in [0.2, 0.25) is 5.91 Å². The first-order chi connectivity index (χ1) is 16.4. The lowest BCUT2D eigenvalue weighted by Gasteiger charge is -2.22. The number of hydrogen-bond acceptors (Lipinski definition) is 7.